The maximum absolute atomic E-state index is 13.8. The first-order valence-corrected chi connectivity index (χ1v) is 13.4. The zero-order chi connectivity index (χ0) is 23.4. The van der Waals surface area contributed by atoms with Gasteiger partial charge in [-0.2, -0.15) is 4.31 Å². The Morgan fingerprint density at radius 1 is 1.09 bits per heavy atom. The highest BCUT2D eigenvalue weighted by Gasteiger charge is 2.40. The summed E-state index contributed by atoms with van der Waals surface area (Å²) in [6.45, 7) is 5.85. The fraction of sp³-hybridized carbons (Fsp3) is 0.708. The van der Waals surface area contributed by atoms with Crippen LogP contribution in [0.2, 0.25) is 0 Å². The summed E-state index contributed by atoms with van der Waals surface area (Å²) in [5, 5.41) is 0. The Hall–Kier alpha value is -1.22. The minimum atomic E-state index is -3.17. The number of ether oxygens (including phenoxy) is 1. The van der Waals surface area contributed by atoms with Gasteiger partial charge in [0.1, 0.15) is 11.6 Å². The molecule has 0 amide bonds. The molecule has 0 bridgehead atoms. The molecule has 0 atom stereocenters. The highest BCUT2D eigenvalue weighted by molar-refractivity contribution is 7.89. The number of halogens is 2. The predicted octanol–water partition coefficient (Wildman–Crippen LogP) is 4.59. The van der Waals surface area contributed by atoms with Gasteiger partial charge < -0.3 is 4.74 Å². The standard InChI is InChI=1S/C24H37FN2O4S.ClH/c1-4-32(29,30)27-15-13-26(14-16-27)24(10-7-5-6-8-11-24)12-9-21(28)23-19(2)17-20(25)18-22(23)31-3;/h17-18H,4-16H2,1-3H3;1H. The highest BCUT2D eigenvalue weighted by Crippen LogP contribution is 2.38. The Morgan fingerprint density at radius 2 is 1.70 bits per heavy atom. The Morgan fingerprint density at radius 3 is 2.24 bits per heavy atom. The molecule has 2 fully saturated rings. The summed E-state index contributed by atoms with van der Waals surface area (Å²) in [4.78, 5) is 15.7. The second kappa shape index (κ2) is 12.0. The van der Waals surface area contributed by atoms with Crippen molar-refractivity contribution in [3.8, 4) is 5.75 Å². The normalized spacial score (nSPS) is 20.0. The van der Waals surface area contributed by atoms with Gasteiger partial charge in [-0.3, -0.25) is 9.69 Å². The van der Waals surface area contributed by atoms with E-state index in [1.54, 1.807) is 18.2 Å². The average Bonchev–Trinajstić information content (AvgIpc) is 3.03. The Labute approximate surface area is 204 Å². The van der Waals surface area contributed by atoms with Crippen LogP contribution < -0.4 is 4.74 Å². The third-order valence-corrected chi connectivity index (χ3v) is 9.16. The van der Waals surface area contributed by atoms with Gasteiger partial charge in [0, 0.05) is 44.2 Å². The Kier molecular flexibility index (Phi) is 10.2. The summed E-state index contributed by atoms with van der Waals surface area (Å²) in [6.07, 6.45) is 7.81. The van der Waals surface area contributed by atoms with Crippen molar-refractivity contribution < 1.29 is 22.3 Å². The molecule has 2 aliphatic rings. The first-order valence-electron chi connectivity index (χ1n) is 11.8. The lowest BCUT2D eigenvalue weighted by molar-refractivity contribution is 0.0320. The quantitative estimate of drug-likeness (QED) is 0.382. The van der Waals surface area contributed by atoms with E-state index in [-0.39, 0.29) is 29.5 Å². The largest absolute Gasteiger partial charge is 0.496 e. The molecule has 1 heterocycles. The van der Waals surface area contributed by atoms with Gasteiger partial charge in [0.05, 0.1) is 18.4 Å². The summed E-state index contributed by atoms with van der Waals surface area (Å²) in [5.74, 6) is -0.00194. The third-order valence-electron chi connectivity index (χ3n) is 7.28. The number of ketones is 1. The van der Waals surface area contributed by atoms with Crippen LogP contribution in [0.1, 0.15) is 74.2 Å². The summed E-state index contributed by atoms with van der Waals surface area (Å²) < 4.78 is 45.3. The first kappa shape index (κ1) is 28.0. The molecule has 0 N–H and O–H groups in total. The van der Waals surface area contributed by atoms with E-state index in [4.69, 9.17) is 4.74 Å². The second-order valence-electron chi connectivity index (χ2n) is 9.15. The number of nitrogens with zero attached hydrogens (tertiary/aromatic N) is 2. The number of carbonyl (C=O) groups excluding carboxylic acids is 1. The molecule has 188 valence electrons. The van der Waals surface area contributed by atoms with Crippen molar-refractivity contribution in [3.05, 3.63) is 29.1 Å². The van der Waals surface area contributed by atoms with E-state index in [2.05, 4.69) is 4.90 Å². The molecule has 6 nitrogen and oxygen atoms in total. The van der Waals surface area contributed by atoms with Gasteiger partial charge in [-0.05, 0) is 44.7 Å². The molecule has 33 heavy (non-hydrogen) atoms. The minimum Gasteiger partial charge on any atom is -0.496 e. The number of rotatable bonds is 8. The molecule has 1 aliphatic carbocycles. The van der Waals surface area contributed by atoms with Crippen LogP contribution >= 0.6 is 12.4 Å². The van der Waals surface area contributed by atoms with Crippen LogP contribution in [0.5, 0.6) is 5.75 Å². The fourth-order valence-corrected chi connectivity index (χ4v) is 6.52. The van der Waals surface area contributed by atoms with Crippen molar-refractivity contribution in [2.24, 2.45) is 0 Å². The van der Waals surface area contributed by atoms with Gasteiger partial charge in [0.2, 0.25) is 10.0 Å². The van der Waals surface area contributed by atoms with Crippen molar-refractivity contribution in [1.29, 1.82) is 0 Å². The van der Waals surface area contributed by atoms with Crippen LogP contribution in [0.4, 0.5) is 4.39 Å². The van der Waals surface area contributed by atoms with Gasteiger partial charge in [0.25, 0.3) is 0 Å². The fourth-order valence-electron chi connectivity index (χ4n) is 5.44. The number of benzene rings is 1. The van der Waals surface area contributed by atoms with Gasteiger partial charge in [0.15, 0.2) is 5.78 Å². The summed E-state index contributed by atoms with van der Waals surface area (Å²) in [5.41, 5.74) is 0.978. The number of methoxy groups -OCH3 is 1. The summed E-state index contributed by atoms with van der Waals surface area (Å²) >= 11 is 0. The van der Waals surface area contributed by atoms with Crippen LogP contribution in [0.3, 0.4) is 0 Å². The number of hydrogen-bond acceptors (Lipinski definition) is 5. The molecule has 1 aliphatic heterocycles. The van der Waals surface area contributed by atoms with E-state index in [9.17, 15) is 17.6 Å². The molecule has 0 unspecified atom stereocenters. The topological polar surface area (TPSA) is 66.9 Å². The minimum absolute atomic E-state index is 0. The van der Waals surface area contributed by atoms with Crippen molar-refractivity contribution in [3.63, 3.8) is 0 Å². The second-order valence-corrected chi connectivity index (χ2v) is 11.4. The van der Waals surface area contributed by atoms with Crippen LogP contribution in [-0.4, -0.2) is 68.0 Å². The van der Waals surface area contributed by atoms with E-state index in [1.165, 1.54) is 32.1 Å². The van der Waals surface area contributed by atoms with Gasteiger partial charge in [-0.1, -0.05) is 25.7 Å². The first-order chi connectivity index (χ1) is 15.2. The SMILES string of the molecule is CCS(=O)(=O)N1CCN(C2(CCC(=O)c3c(C)cc(F)cc3OC)CCCCCC2)CC1.Cl. The lowest BCUT2D eigenvalue weighted by atomic mass is 9.81. The number of aryl methyl sites for hydroxylation is 1. The Balaban J connectivity index is 0.00000385. The molecule has 1 aromatic rings. The Bertz CT molecular complexity index is 909. The van der Waals surface area contributed by atoms with Crippen molar-refractivity contribution in [1.82, 2.24) is 9.21 Å². The number of hydrogen-bond donors (Lipinski definition) is 0. The van der Waals surface area contributed by atoms with Crippen LogP contribution in [0.15, 0.2) is 12.1 Å². The third kappa shape index (κ3) is 6.47. The zero-order valence-electron chi connectivity index (χ0n) is 20.1. The molecular formula is C24H38ClFN2O4S. The zero-order valence-corrected chi connectivity index (χ0v) is 21.7. The lowest BCUT2D eigenvalue weighted by Gasteiger charge is -2.48. The van der Waals surface area contributed by atoms with Crippen LogP contribution in [-0.2, 0) is 10.0 Å². The van der Waals surface area contributed by atoms with E-state index < -0.39 is 15.8 Å². The lowest BCUT2D eigenvalue weighted by Crippen LogP contribution is -2.58. The molecule has 1 saturated carbocycles. The van der Waals surface area contributed by atoms with Gasteiger partial charge >= 0.3 is 0 Å². The molecule has 9 heteroatoms. The summed E-state index contributed by atoms with van der Waals surface area (Å²) in [6, 6.07) is 2.65. The number of sulfonamides is 1. The molecule has 0 aromatic heterocycles. The molecule has 0 radical (unpaired) electrons. The average molecular weight is 505 g/mol. The number of carbonyl (C=O) groups is 1. The molecule has 0 spiro atoms. The summed E-state index contributed by atoms with van der Waals surface area (Å²) in [7, 11) is -1.71. The van der Waals surface area contributed by atoms with Crippen LogP contribution in [0.25, 0.3) is 0 Å². The maximum atomic E-state index is 13.8. The molecule has 3 rings (SSSR count). The van der Waals surface area contributed by atoms with Gasteiger partial charge in [-0.25, -0.2) is 12.8 Å². The van der Waals surface area contributed by atoms with E-state index in [1.807, 2.05) is 0 Å². The maximum Gasteiger partial charge on any atom is 0.213 e. The highest BCUT2D eigenvalue weighted by atomic mass is 35.5. The predicted molar refractivity (Wildman–Crippen MR) is 132 cm³/mol. The van der Waals surface area contributed by atoms with Crippen LogP contribution in [0, 0.1) is 12.7 Å². The monoisotopic (exact) mass is 504 g/mol. The molecule has 1 aromatic carbocycles. The molecular weight excluding hydrogens is 467 g/mol. The molecule has 1 saturated heterocycles. The van der Waals surface area contributed by atoms with Gasteiger partial charge in [-0.15, -0.1) is 12.4 Å². The smallest absolute Gasteiger partial charge is 0.213 e. The number of piperazine rings is 1. The number of Topliss-reactive ketones (excluding diaryl/α,β-unsaturated/α-hetero) is 1. The van der Waals surface area contributed by atoms with E-state index in [0.29, 0.717) is 49.5 Å². The van der Waals surface area contributed by atoms with E-state index >= 15 is 0 Å². The van der Waals surface area contributed by atoms with E-state index in [0.717, 1.165) is 32.1 Å². The van der Waals surface area contributed by atoms with Crippen molar-refractivity contribution >= 4 is 28.2 Å². The van der Waals surface area contributed by atoms with Crippen molar-refractivity contribution in [2.45, 2.75) is 70.8 Å². The van der Waals surface area contributed by atoms with Crippen molar-refractivity contribution in [2.75, 3.05) is 39.0 Å².